The molecule has 5 rings (SSSR count). The number of hydrogen-bond acceptors (Lipinski definition) is 4. The first-order chi connectivity index (χ1) is 12.5. The molecule has 0 spiro atoms. The Bertz CT molecular complexity index is 1120. The molecule has 0 saturated carbocycles. The number of hydrogen-bond donors (Lipinski definition) is 2. The fourth-order valence-electron chi connectivity index (χ4n) is 3.73. The van der Waals surface area contributed by atoms with Gasteiger partial charge >= 0.3 is 0 Å². The summed E-state index contributed by atoms with van der Waals surface area (Å²) in [4.78, 5) is 29.4. The lowest BCUT2D eigenvalue weighted by atomic mass is 9.80. The molecular formula is C21H14NO4+. The van der Waals surface area contributed by atoms with E-state index in [9.17, 15) is 14.7 Å². The summed E-state index contributed by atoms with van der Waals surface area (Å²) in [5, 5.41) is 9.68. The van der Waals surface area contributed by atoms with Gasteiger partial charge in [0.05, 0.1) is 0 Å². The summed E-state index contributed by atoms with van der Waals surface area (Å²) in [7, 11) is 0. The van der Waals surface area contributed by atoms with Crippen LogP contribution in [0.5, 0.6) is 5.75 Å². The van der Waals surface area contributed by atoms with E-state index in [1.54, 1.807) is 55.5 Å². The van der Waals surface area contributed by atoms with Gasteiger partial charge in [0.2, 0.25) is 17.6 Å². The third-order valence-corrected chi connectivity index (χ3v) is 4.94. The molecule has 0 radical (unpaired) electrons. The zero-order chi connectivity index (χ0) is 18.0. The minimum atomic E-state index is -0.452. The number of rotatable bonds is 0. The van der Waals surface area contributed by atoms with Crippen LogP contribution in [-0.4, -0.2) is 28.5 Å². The van der Waals surface area contributed by atoms with E-state index in [0.717, 1.165) is 0 Å². The summed E-state index contributed by atoms with van der Waals surface area (Å²) in [5.41, 5.74) is 3.51. The Morgan fingerprint density at radius 1 is 1.04 bits per heavy atom. The normalized spacial score (nSPS) is 19.5. The standard InChI is InChI=1S/C21H13NO4/c1-10-8-16-19(22-14-7-6-11(23)9-15(14)26-16)18-17(10)20(24)12-4-2-3-5-13(12)21(18)25/h2-9,15,23H,1H3/p+1. The van der Waals surface area contributed by atoms with Crippen LogP contribution < -0.4 is 9.73 Å². The molecule has 3 aliphatic rings. The molecule has 0 bridgehead atoms. The molecule has 0 saturated heterocycles. The highest BCUT2D eigenvalue weighted by molar-refractivity contribution is 6.30. The van der Waals surface area contributed by atoms with E-state index in [1.807, 2.05) is 0 Å². The number of nitrogens with one attached hydrogen (secondary N) is 1. The summed E-state index contributed by atoms with van der Waals surface area (Å²) in [5.74, 6) is 0.276. The van der Waals surface area contributed by atoms with E-state index in [1.165, 1.54) is 0 Å². The van der Waals surface area contributed by atoms with Crippen molar-refractivity contribution in [2.75, 3.05) is 0 Å². The summed E-state index contributed by atoms with van der Waals surface area (Å²) in [6.07, 6.45) is 4.39. The Morgan fingerprint density at radius 2 is 1.73 bits per heavy atom. The zero-order valence-corrected chi connectivity index (χ0v) is 13.9. The molecule has 2 aliphatic carbocycles. The Balaban J connectivity index is 1.79. The summed E-state index contributed by atoms with van der Waals surface area (Å²) >= 11 is 0. The van der Waals surface area contributed by atoms with Gasteiger partial charge in [0.15, 0.2) is 11.5 Å². The maximum absolute atomic E-state index is 13.2. The first-order valence-electron chi connectivity index (χ1n) is 8.30. The smallest absolute Gasteiger partial charge is 0.258 e. The molecule has 0 aromatic heterocycles. The summed E-state index contributed by atoms with van der Waals surface area (Å²) < 4.78 is 5.97. The van der Waals surface area contributed by atoms with Crippen LogP contribution in [0, 0.1) is 6.92 Å². The number of ketones is 2. The maximum atomic E-state index is 13.2. The second-order valence-corrected chi connectivity index (χ2v) is 6.56. The number of benzene rings is 2. The third-order valence-electron chi connectivity index (χ3n) is 4.94. The molecule has 1 heterocycles. The number of aliphatic hydroxyl groups is 1. The van der Waals surface area contributed by atoms with Gasteiger partial charge in [-0.1, -0.05) is 24.3 Å². The minimum absolute atomic E-state index is 0.124. The van der Waals surface area contributed by atoms with E-state index < -0.39 is 6.10 Å². The Hall–Kier alpha value is -3.47. The largest absolute Gasteiger partial charge is 0.508 e. The van der Waals surface area contributed by atoms with Crippen molar-refractivity contribution in [1.82, 2.24) is 0 Å². The highest BCUT2D eigenvalue weighted by Crippen LogP contribution is 2.38. The number of carbonyl (C=O) groups is 2. The molecule has 2 aromatic carbocycles. The first-order valence-corrected chi connectivity index (χ1v) is 8.30. The van der Waals surface area contributed by atoms with Gasteiger partial charge in [-0.3, -0.25) is 9.59 Å². The number of carbonyl (C=O) groups excluding carboxylic acids is 2. The Morgan fingerprint density at radius 3 is 2.46 bits per heavy atom. The second kappa shape index (κ2) is 5.02. The van der Waals surface area contributed by atoms with Crippen LogP contribution in [0.4, 0.5) is 5.69 Å². The van der Waals surface area contributed by atoms with E-state index in [4.69, 9.17) is 4.74 Å². The van der Waals surface area contributed by atoms with Crippen LogP contribution in [0.15, 0.2) is 54.3 Å². The van der Waals surface area contributed by atoms with Crippen molar-refractivity contribution in [1.29, 1.82) is 0 Å². The number of fused-ring (bicyclic) bond motifs is 5. The van der Waals surface area contributed by atoms with Gasteiger partial charge in [0.25, 0.3) is 5.69 Å². The predicted octanol–water partition coefficient (Wildman–Crippen LogP) is 1.70. The fraction of sp³-hybridized carbons (Fsp3) is 0.0952. The lowest BCUT2D eigenvalue weighted by molar-refractivity contribution is -0.363. The van der Waals surface area contributed by atoms with Crippen molar-refractivity contribution in [3.05, 3.63) is 82.1 Å². The fourth-order valence-corrected chi connectivity index (χ4v) is 3.73. The highest BCUT2D eigenvalue weighted by Gasteiger charge is 2.40. The Labute approximate surface area is 149 Å². The van der Waals surface area contributed by atoms with Crippen LogP contribution in [0.25, 0.3) is 0 Å². The SMILES string of the molecule is Cc1cc2c(c3c1C(=O)c1ccccc1C3=O)[NH+]=C1C=CC(O)=CC1O2. The number of allylic oxidation sites excluding steroid dienone is 1. The predicted molar refractivity (Wildman–Crippen MR) is 94.4 cm³/mol. The molecule has 0 fully saturated rings. The molecule has 126 valence electrons. The summed E-state index contributed by atoms with van der Waals surface area (Å²) in [6, 6.07) is 8.64. The average molecular weight is 344 g/mol. The van der Waals surface area contributed by atoms with Crippen LogP contribution in [-0.2, 0) is 0 Å². The van der Waals surface area contributed by atoms with Crippen molar-refractivity contribution in [2.45, 2.75) is 13.0 Å². The molecule has 2 N–H and O–H groups in total. The van der Waals surface area contributed by atoms with Gasteiger partial charge in [-0.15, -0.1) is 0 Å². The van der Waals surface area contributed by atoms with Crippen LogP contribution in [0.2, 0.25) is 0 Å². The van der Waals surface area contributed by atoms with Gasteiger partial charge < -0.3 is 9.84 Å². The zero-order valence-electron chi connectivity index (χ0n) is 13.9. The topological polar surface area (TPSA) is 77.6 Å². The molecule has 1 aliphatic heterocycles. The molecule has 5 heteroatoms. The number of aryl methyl sites for hydroxylation is 1. The second-order valence-electron chi connectivity index (χ2n) is 6.56. The molecular weight excluding hydrogens is 330 g/mol. The Kier molecular flexibility index (Phi) is 2.86. The van der Waals surface area contributed by atoms with E-state index in [2.05, 4.69) is 4.99 Å². The number of aliphatic hydroxyl groups excluding tert-OH is 1. The van der Waals surface area contributed by atoms with E-state index in [0.29, 0.717) is 45.0 Å². The highest BCUT2D eigenvalue weighted by atomic mass is 16.5. The van der Waals surface area contributed by atoms with Gasteiger partial charge in [-0.05, 0) is 24.6 Å². The van der Waals surface area contributed by atoms with Crippen LogP contribution >= 0.6 is 0 Å². The van der Waals surface area contributed by atoms with Gasteiger partial charge in [0.1, 0.15) is 11.3 Å². The van der Waals surface area contributed by atoms with Crippen molar-refractivity contribution in [2.24, 2.45) is 0 Å². The third kappa shape index (κ3) is 1.88. The van der Waals surface area contributed by atoms with Crippen molar-refractivity contribution in [3.8, 4) is 5.75 Å². The maximum Gasteiger partial charge on any atom is 0.258 e. The van der Waals surface area contributed by atoms with Crippen molar-refractivity contribution >= 4 is 23.0 Å². The number of ether oxygens (including phenoxy) is 1. The van der Waals surface area contributed by atoms with Gasteiger partial charge in [0, 0.05) is 28.8 Å². The minimum Gasteiger partial charge on any atom is -0.508 e. The van der Waals surface area contributed by atoms with Crippen LogP contribution in [0.1, 0.15) is 37.4 Å². The van der Waals surface area contributed by atoms with E-state index >= 15 is 0 Å². The molecule has 26 heavy (non-hydrogen) atoms. The lowest BCUT2D eigenvalue weighted by Gasteiger charge is -2.25. The molecule has 1 unspecified atom stereocenters. The quantitative estimate of drug-likeness (QED) is 0.651. The molecule has 2 aromatic rings. The first kappa shape index (κ1) is 14.8. The molecule has 5 nitrogen and oxygen atoms in total. The van der Waals surface area contributed by atoms with Crippen molar-refractivity contribution in [3.63, 3.8) is 0 Å². The van der Waals surface area contributed by atoms with Crippen molar-refractivity contribution < 1.29 is 24.4 Å². The van der Waals surface area contributed by atoms with E-state index in [-0.39, 0.29) is 17.3 Å². The summed E-state index contributed by atoms with van der Waals surface area (Å²) in [6.45, 7) is 1.80. The van der Waals surface area contributed by atoms with Gasteiger partial charge in [-0.2, -0.15) is 0 Å². The molecule has 1 atom stereocenters. The van der Waals surface area contributed by atoms with Gasteiger partial charge in [-0.25, -0.2) is 4.99 Å². The average Bonchev–Trinajstić information content (AvgIpc) is 2.64. The molecule has 0 amide bonds. The monoisotopic (exact) mass is 344 g/mol. The van der Waals surface area contributed by atoms with Crippen LogP contribution in [0.3, 0.4) is 0 Å². The lowest BCUT2D eigenvalue weighted by Crippen LogP contribution is -2.72.